The molecule has 13 heavy (non-hydrogen) atoms. The van der Waals surface area contributed by atoms with Crippen LogP contribution in [-0.4, -0.2) is 9.55 Å². The molecule has 2 nitrogen and oxygen atoms in total. The highest BCUT2D eigenvalue weighted by atomic mass is 79.9. The Kier molecular flexibility index (Phi) is 2.72. The fraction of sp³-hybridized carbons (Fsp3) is 0.700. The van der Waals surface area contributed by atoms with Gasteiger partial charge in [-0.15, -0.1) is 0 Å². The Labute approximate surface area is 87.5 Å². The van der Waals surface area contributed by atoms with Gasteiger partial charge >= 0.3 is 0 Å². The average molecular weight is 243 g/mol. The molecular formula is C10H15BrN2. The van der Waals surface area contributed by atoms with Crippen molar-refractivity contribution in [3.05, 3.63) is 16.6 Å². The molecule has 0 radical (unpaired) electrons. The van der Waals surface area contributed by atoms with Crippen LogP contribution in [0.2, 0.25) is 0 Å². The van der Waals surface area contributed by atoms with Crippen molar-refractivity contribution in [2.75, 3.05) is 0 Å². The van der Waals surface area contributed by atoms with Gasteiger partial charge < -0.3 is 4.57 Å². The fourth-order valence-corrected chi connectivity index (χ4v) is 2.73. The van der Waals surface area contributed by atoms with Crippen LogP contribution in [0.15, 0.2) is 10.8 Å². The molecule has 0 unspecified atom stereocenters. The van der Waals surface area contributed by atoms with E-state index in [-0.39, 0.29) is 0 Å². The van der Waals surface area contributed by atoms with Gasteiger partial charge in [0.15, 0.2) is 0 Å². The molecule has 0 atom stereocenters. The van der Waals surface area contributed by atoms with Crippen molar-refractivity contribution in [1.82, 2.24) is 9.55 Å². The first-order valence-corrected chi connectivity index (χ1v) is 5.83. The van der Waals surface area contributed by atoms with E-state index in [1.807, 2.05) is 6.20 Å². The van der Waals surface area contributed by atoms with Crippen molar-refractivity contribution in [3.8, 4) is 0 Å². The summed E-state index contributed by atoms with van der Waals surface area (Å²) in [5.74, 6) is 2.00. The van der Waals surface area contributed by atoms with Crippen LogP contribution in [0.4, 0.5) is 0 Å². The summed E-state index contributed by atoms with van der Waals surface area (Å²) < 4.78 is 3.40. The topological polar surface area (TPSA) is 17.8 Å². The second-order valence-corrected chi connectivity index (χ2v) is 4.48. The molecule has 1 aromatic heterocycles. The van der Waals surface area contributed by atoms with Crippen LogP contribution in [0.3, 0.4) is 0 Å². The highest BCUT2D eigenvalue weighted by molar-refractivity contribution is 9.10. The first-order chi connectivity index (χ1) is 6.33. The third-order valence-corrected chi connectivity index (χ3v) is 3.51. The Bertz CT molecular complexity index is 287. The van der Waals surface area contributed by atoms with Crippen LogP contribution in [-0.2, 0) is 6.54 Å². The van der Waals surface area contributed by atoms with E-state index in [1.54, 1.807) is 0 Å². The number of nitrogens with zero attached hydrogens (tertiary/aromatic N) is 2. The summed E-state index contributed by atoms with van der Waals surface area (Å²) in [6.45, 7) is 3.19. The molecule has 0 aliphatic heterocycles. The van der Waals surface area contributed by atoms with Crippen LogP contribution < -0.4 is 0 Å². The summed E-state index contributed by atoms with van der Waals surface area (Å²) in [4.78, 5) is 4.48. The lowest BCUT2D eigenvalue weighted by Crippen LogP contribution is -2.05. The van der Waals surface area contributed by atoms with E-state index in [4.69, 9.17) is 0 Å². The number of hydrogen-bond acceptors (Lipinski definition) is 1. The monoisotopic (exact) mass is 242 g/mol. The lowest BCUT2D eigenvalue weighted by Gasteiger charge is -2.11. The van der Waals surface area contributed by atoms with E-state index in [9.17, 15) is 0 Å². The second-order valence-electron chi connectivity index (χ2n) is 3.66. The molecule has 2 rings (SSSR count). The van der Waals surface area contributed by atoms with E-state index < -0.39 is 0 Å². The Balaban J connectivity index is 2.27. The largest absolute Gasteiger partial charge is 0.323 e. The lowest BCUT2D eigenvalue weighted by molar-refractivity contribution is 0.594. The minimum absolute atomic E-state index is 0.714. The molecule has 1 aliphatic rings. The van der Waals surface area contributed by atoms with Gasteiger partial charge in [-0.25, -0.2) is 4.98 Å². The van der Waals surface area contributed by atoms with Crippen LogP contribution in [0, 0.1) is 0 Å². The summed E-state index contributed by atoms with van der Waals surface area (Å²) in [5, 5.41) is 0. The van der Waals surface area contributed by atoms with Gasteiger partial charge in [-0.1, -0.05) is 12.8 Å². The minimum Gasteiger partial charge on any atom is -0.323 e. The third kappa shape index (κ3) is 1.66. The predicted octanol–water partition coefficient (Wildman–Crippen LogP) is 3.32. The van der Waals surface area contributed by atoms with Gasteiger partial charge in [0.05, 0.1) is 6.20 Å². The van der Waals surface area contributed by atoms with E-state index in [0.29, 0.717) is 5.92 Å². The van der Waals surface area contributed by atoms with Crippen LogP contribution in [0.25, 0.3) is 0 Å². The molecule has 72 valence electrons. The average Bonchev–Trinajstić information content (AvgIpc) is 2.71. The number of halogens is 1. The van der Waals surface area contributed by atoms with Crippen molar-refractivity contribution < 1.29 is 0 Å². The van der Waals surface area contributed by atoms with Crippen molar-refractivity contribution in [2.45, 2.75) is 45.1 Å². The maximum atomic E-state index is 4.48. The lowest BCUT2D eigenvalue weighted by atomic mass is 10.1. The summed E-state index contributed by atoms with van der Waals surface area (Å²) in [5.41, 5.74) is 0. The standard InChI is InChI=1S/C10H15BrN2/c1-2-13-9(11)7-12-10(13)8-5-3-4-6-8/h7-8H,2-6H2,1H3. The van der Waals surface area contributed by atoms with Crippen molar-refractivity contribution in [3.63, 3.8) is 0 Å². The third-order valence-electron chi connectivity index (χ3n) is 2.87. The molecule has 1 aliphatic carbocycles. The quantitative estimate of drug-likeness (QED) is 0.779. The molecule has 0 saturated heterocycles. The van der Waals surface area contributed by atoms with Gasteiger partial charge in [0.25, 0.3) is 0 Å². The Morgan fingerprint density at radius 2 is 2.23 bits per heavy atom. The molecule has 0 bridgehead atoms. The van der Waals surface area contributed by atoms with E-state index in [0.717, 1.165) is 11.1 Å². The van der Waals surface area contributed by atoms with Gasteiger partial charge in [0, 0.05) is 12.5 Å². The Morgan fingerprint density at radius 3 is 2.85 bits per heavy atom. The van der Waals surface area contributed by atoms with E-state index in [1.165, 1.54) is 31.5 Å². The van der Waals surface area contributed by atoms with Gasteiger partial charge in [0.2, 0.25) is 0 Å². The number of rotatable bonds is 2. The summed E-state index contributed by atoms with van der Waals surface area (Å²) in [6, 6.07) is 0. The van der Waals surface area contributed by atoms with Crippen molar-refractivity contribution in [1.29, 1.82) is 0 Å². The zero-order valence-electron chi connectivity index (χ0n) is 7.96. The molecule has 0 amide bonds. The fourth-order valence-electron chi connectivity index (χ4n) is 2.19. The maximum absolute atomic E-state index is 4.48. The van der Waals surface area contributed by atoms with Crippen LogP contribution in [0.5, 0.6) is 0 Å². The summed E-state index contributed by atoms with van der Waals surface area (Å²) in [7, 11) is 0. The second kappa shape index (κ2) is 3.82. The number of hydrogen-bond donors (Lipinski definition) is 0. The molecule has 0 N–H and O–H groups in total. The summed E-state index contributed by atoms with van der Waals surface area (Å²) in [6.07, 6.45) is 7.32. The molecule has 1 fully saturated rings. The van der Waals surface area contributed by atoms with Gasteiger partial charge in [-0.05, 0) is 35.7 Å². The molecule has 0 aromatic carbocycles. The van der Waals surface area contributed by atoms with Crippen molar-refractivity contribution in [2.24, 2.45) is 0 Å². The number of imidazole rings is 1. The zero-order chi connectivity index (χ0) is 9.26. The van der Waals surface area contributed by atoms with Gasteiger partial charge in [0.1, 0.15) is 10.4 Å². The highest BCUT2D eigenvalue weighted by Crippen LogP contribution is 2.34. The normalized spacial score (nSPS) is 18.3. The van der Waals surface area contributed by atoms with Gasteiger partial charge in [-0.2, -0.15) is 0 Å². The van der Waals surface area contributed by atoms with Gasteiger partial charge in [-0.3, -0.25) is 0 Å². The smallest absolute Gasteiger partial charge is 0.112 e. The molecule has 3 heteroatoms. The first kappa shape index (κ1) is 9.25. The Morgan fingerprint density at radius 1 is 1.54 bits per heavy atom. The van der Waals surface area contributed by atoms with Crippen LogP contribution in [0.1, 0.15) is 44.3 Å². The molecule has 1 heterocycles. The Hall–Kier alpha value is -0.310. The molecular weight excluding hydrogens is 228 g/mol. The minimum atomic E-state index is 0.714. The van der Waals surface area contributed by atoms with Crippen LogP contribution >= 0.6 is 15.9 Å². The maximum Gasteiger partial charge on any atom is 0.112 e. The predicted molar refractivity (Wildman–Crippen MR) is 56.8 cm³/mol. The zero-order valence-corrected chi connectivity index (χ0v) is 9.55. The highest BCUT2D eigenvalue weighted by Gasteiger charge is 2.21. The molecule has 0 spiro atoms. The van der Waals surface area contributed by atoms with E-state index in [2.05, 4.69) is 32.4 Å². The molecule has 1 saturated carbocycles. The SMILES string of the molecule is CCn1c(Br)cnc1C1CCCC1. The molecule has 1 aromatic rings. The first-order valence-electron chi connectivity index (χ1n) is 5.04. The number of aromatic nitrogens is 2. The van der Waals surface area contributed by atoms with Crippen molar-refractivity contribution >= 4 is 15.9 Å². The van der Waals surface area contributed by atoms with E-state index >= 15 is 0 Å². The summed E-state index contributed by atoms with van der Waals surface area (Å²) >= 11 is 3.52.